The van der Waals surface area contributed by atoms with Gasteiger partial charge in [-0.25, -0.2) is 0 Å². The molecule has 3 atom stereocenters. The Balaban J connectivity index is 1.55. The Labute approximate surface area is 192 Å². The van der Waals surface area contributed by atoms with Crippen LogP contribution in [0.4, 0.5) is 0 Å². The van der Waals surface area contributed by atoms with Crippen molar-refractivity contribution in [2.24, 2.45) is 11.8 Å². The van der Waals surface area contributed by atoms with E-state index in [0.717, 1.165) is 31.6 Å². The van der Waals surface area contributed by atoms with Crippen molar-refractivity contribution < 1.29 is 15.0 Å². The van der Waals surface area contributed by atoms with Gasteiger partial charge in [-0.15, -0.1) is 0 Å². The second-order valence-corrected chi connectivity index (χ2v) is 9.97. The Morgan fingerprint density at radius 1 is 1.16 bits per heavy atom. The number of hydrogen-bond acceptors (Lipinski definition) is 4. The lowest BCUT2D eigenvalue weighted by Crippen LogP contribution is -2.53. The molecular formula is C27H38N2O3. The first-order chi connectivity index (χ1) is 15.2. The van der Waals surface area contributed by atoms with Crippen LogP contribution in [-0.2, 0) is 16.6 Å². The summed E-state index contributed by atoms with van der Waals surface area (Å²) in [6, 6.07) is 14.9. The average molecular weight is 439 g/mol. The molecule has 0 radical (unpaired) electrons. The molecule has 32 heavy (non-hydrogen) atoms. The smallest absolute Gasteiger partial charge is 0.220 e. The number of aryl methyl sites for hydroxylation is 1. The van der Waals surface area contributed by atoms with Gasteiger partial charge in [0.05, 0.1) is 0 Å². The summed E-state index contributed by atoms with van der Waals surface area (Å²) in [5.74, 6) is 1.40. The maximum absolute atomic E-state index is 12.6. The molecule has 0 saturated carbocycles. The Morgan fingerprint density at radius 2 is 1.84 bits per heavy atom. The number of aromatic hydroxyl groups is 2. The number of amides is 1. The zero-order chi connectivity index (χ0) is 23.3. The second-order valence-electron chi connectivity index (χ2n) is 9.97. The largest absolute Gasteiger partial charge is 0.508 e. The number of rotatable bonds is 8. The third kappa shape index (κ3) is 6.04. The molecule has 0 spiro atoms. The van der Waals surface area contributed by atoms with Crippen LogP contribution < -0.4 is 5.32 Å². The lowest BCUT2D eigenvalue weighted by molar-refractivity contribution is -0.122. The monoisotopic (exact) mass is 438 g/mol. The van der Waals surface area contributed by atoms with Crippen molar-refractivity contribution >= 4 is 5.91 Å². The topological polar surface area (TPSA) is 72.8 Å². The van der Waals surface area contributed by atoms with Gasteiger partial charge in [0, 0.05) is 25.6 Å². The Morgan fingerprint density at radius 3 is 2.47 bits per heavy atom. The van der Waals surface area contributed by atoms with E-state index in [-0.39, 0.29) is 23.1 Å². The van der Waals surface area contributed by atoms with E-state index in [1.165, 1.54) is 5.56 Å². The first-order valence-electron chi connectivity index (χ1n) is 11.8. The van der Waals surface area contributed by atoms with Crippen LogP contribution in [0.3, 0.4) is 0 Å². The molecular weight excluding hydrogens is 400 g/mol. The molecule has 5 nitrogen and oxygen atoms in total. The molecule has 1 fully saturated rings. The molecule has 0 aliphatic carbocycles. The van der Waals surface area contributed by atoms with Gasteiger partial charge in [0.2, 0.25) is 5.91 Å². The number of likely N-dealkylation sites (tertiary alicyclic amines) is 1. The van der Waals surface area contributed by atoms with E-state index in [0.29, 0.717) is 30.4 Å². The summed E-state index contributed by atoms with van der Waals surface area (Å²) in [4.78, 5) is 15.1. The van der Waals surface area contributed by atoms with E-state index in [9.17, 15) is 15.0 Å². The summed E-state index contributed by atoms with van der Waals surface area (Å²) < 4.78 is 0. The summed E-state index contributed by atoms with van der Waals surface area (Å²) >= 11 is 0. The van der Waals surface area contributed by atoms with Crippen LogP contribution in [-0.4, -0.2) is 46.7 Å². The van der Waals surface area contributed by atoms with Crippen molar-refractivity contribution in [3.05, 3.63) is 59.7 Å². The SMILES string of the molecule is CC(C)[C@@H](CN1CC[C@@](C)(c2cccc(O)c2)[C@@H](C)C1)NC(=O)CCc1cccc(O)c1. The number of phenols is 2. The van der Waals surface area contributed by atoms with Gasteiger partial charge in [-0.3, -0.25) is 4.79 Å². The normalized spacial score (nSPS) is 22.6. The molecule has 2 aromatic rings. The number of piperidine rings is 1. The second kappa shape index (κ2) is 10.4. The number of carbonyl (C=O) groups is 1. The summed E-state index contributed by atoms with van der Waals surface area (Å²) in [5.41, 5.74) is 2.20. The molecule has 0 aromatic heterocycles. The summed E-state index contributed by atoms with van der Waals surface area (Å²) in [5, 5.41) is 22.8. The fourth-order valence-corrected chi connectivity index (χ4v) is 4.72. The van der Waals surface area contributed by atoms with Crippen LogP contribution >= 0.6 is 0 Å². The Bertz CT molecular complexity index is 913. The average Bonchev–Trinajstić information content (AvgIpc) is 2.74. The van der Waals surface area contributed by atoms with Crippen LogP contribution in [0.25, 0.3) is 0 Å². The van der Waals surface area contributed by atoms with Crippen molar-refractivity contribution in [1.82, 2.24) is 10.2 Å². The first kappa shape index (κ1) is 24.1. The van der Waals surface area contributed by atoms with Gasteiger partial charge in [-0.2, -0.15) is 0 Å². The van der Waals surface area contributed by atoms with Crippen LogP contribution in [0.1, 0.15) is 51.7 Å². The summed E-state index contributed by atoms with van der Waals surface area (Å²) in [6.07, 6.45) is 2.06. The van der Waals surface area contributed by atoms with Crippen molar-refractivity contribution in [3.8, 4) is 11.5 Å². The number of hydrogen-bond donors (Lipinski definition) is 3. The van der Waals surface area contributed by atoms with Crippen LogP contribution in [0, 0.1) is 11.8 Å². The minimum Gasteiger partial charge on any atom is -0.508 e. The zero-order valence-electron chi connectivity index (χ0n) is 19.8. The van der Waals surface area contributed by atoms with Gasteiger partial charge in [-0.05, 0) is 72.0 Å². The van der Waals surface area contributed by atoms with Crippen LogP contribution in [0.15, 0.2) is 48.5 Å². The van der Waals surface area contributed by atoms with E-state index in [1.807, 2.05) is 24.3 Å². The lowest BCUT2D eigenvalue weighted by atomic mass is 9.68. The molecule has 1 aliphatic rings. The van der Waals surface area contributed by atoms with E-state index in [2.05, 4.69) is 44.0 Å². The minimum atomic E-state index is 0.0348. The fourth-order valence-electron chi connectivity index (χ4n) is 4.72. The fraction of sp³-hybridized carbons (Fsp3) is 0.519. The number of benzene rings is 2. The van der Waals surface area contributed by atoms with Gasteiger partial charge in [0.1, 0.15) is 11.5 Å². The maximum atomic E-state index is 12.6. The van der Waals surface area contributed by atoms with E-state index in [4.69, 9.17) is 0 Å². The maximum Gasteiger partial charge on any atom is 0.220 e. The van der Waals surface area contributed by atoms with E-state index >= 15 is 0 Å². The molecule has 3 rings (SSSR count). The third-order valence-corrected chi connectivity index (χ3v) is 7.23. The van der Waals surface area contributed by atoms with Gasteiger partial charge in [0.25, 0.3) is 0 Å². The molecule has 0 unspecified atom stereocenters. The standard InChI is InChI=1S/C27H38N2O3/c1-19(2)25(28-26(32)12-11-21-7-5-9-23(30)15-21)18-29-14-13-27(4,20(3)17-29)22-8-6-10-24(31)16-22/h5-10,15-16,19-20,25,30-31H,11-14,17-18H2,1-4H3,(H,28,32)/t20-,25+,27+/m0/s1. The molecule has 1 aliphatic heterocycles. The van der Waals surface area contributed by atoms with Crippen molar-refractivity contribution in [3.63, 3.8) is 0 Å². The predicted octanol–water partition coefficient (Wildman–Crippen LogP) is 4.47. The van der Waals surface area contributed by atoms with Gasteiger partial charge >= 0.3 is 0 Å². The quantitative estimate of drug-likeness (QED) is 0.569. The van der Waals surface area contributed by atoms with Crippen molar-refractivity contribution in [2.75, 3.05) is 19.6 Å². The van der Waals surface area contributed by atoms with Gasteiger partial charge < -0.3 is 20.4 Å². The Hall–Kier alpha value is -2.53. The predicted molar refractivity (Wildman–Crippen MR) is 129 cm³/mol. The number of nitrogens with one attached hydrogen (secondary N) is 1. The summed E-state index contributed by atoms with van der Waals surface area (Å²) in [6.45, 7) is 11.7. The van der Waals surface area contributed by atoms with Crippen molar-refractivity contribution in [1.29, 1.82) is 0 Å². The van der Waals surface area contributed by atoms with Gasteiger partial charge in [-0.1, -0.05) is 52.0 Å². The third-order valence-electron chi connectivity index (χ3n) is 7.23. The van der Waals surface area contributed by atoms with Crippen LogP contribution in [0.2, 0.25) is 0 Å². The highest BCUT2D eigenvalue weighted by Gasteiger charge is 2.38. The highest BCUT2D eigenvalue weighted by molar-refractivity contribution is 5.76. The van der Waals surface area contributed by atoms with E-state index in [1.54, 1.807) is 18.2 Å². The molecule has 174 valence electrons. The minimum absolute atomic E-state index is 0.0348. The van der Waals surface area contributed by atoms with Gasteiger partial charge in [0.15, 0.2) is 0 Å². The summed E-state index contributed by atoms with van der Waals surface area (Å²) in [7, 11) is 0. The highest BCUT2D eigenvalue weighted by Crippen LogP contribution is 2.40. The first-order valence-corrected chi connectivity index (χ1v) is 11.8. The van der Waals surface area contributed by atoms with E-state index < -0.39 is 0 Å². The van der Waals surface area contributed by atoms with Crippen molar-refractivity contribution in [2.45, 2.75) is 58.4 Å². The zero-order valence-corrected chi connectivity index (χ0v) is 19.8. The number of phenolic OH excluding ortho intramolecular Hbond substituents is 2. The molecule has 3 N–H and O–H groups in total. The molecule has 1 heterocycles. The Kier molecular flexibility index (Phi) is 7.83. The molecule has 5 heteroatoms. The molecule has 2 aromatic carbocycles. The number of nitrogens with zero attached hydrogens (tertiary/aromatic N) is 1. The molecule has 1 amide bonds. The van der Waals surface area contributed by atoms with Crippen LogP contribution in [0.5, 0.6) is 11.5 Å². The lowest BCUT2D eigenvalue weighted by Gasteiger charge is -2.46. The molecule has 0 bridgehead atoms. The molecule has 1 saturated heterocycles. The number of carbonyl (C=O) groups excluding carboxylic acids is 1. The highest BCUT2D eigenvalue weighted by atomic mass is 16.3.